The van der Waals surface area contributed by atoms with Crippen LogP contribution in [-0.2, 0) is 30.4 Å². The first-order valence-corrected chi connectivity index (χ1v) is 12.5. The van der Waals surface area contributed by atoms with Crippen LogP contribution in [0.5, 0.6) is 0 Å². The van der Waals surface area contributed by atoms with Gasteiger partial charge < -0.3 is 36.9 Å². The number of hydrogen-bond donors (Lipinski definition) is 7. The van der Waals surface area contributed by atoms with Gasteiger partial charge in [-0.05, 0) is 29.9 Å². The minimum atomic E-state index is -1.51. The third-order valence-electron chi connectivity index (χ3n) is 6.49. The maximum absolute atomic E-state index is 13.0. The van der Waals surface area contributed by atoms with Crippen molar-refractivity contribution in [3.05, 3.63) is 36.0 Å². The fourth-order valence-electron chi connectivity index (χ4n) is 4.01. The molecule has 0 aliphatic rings. The van der Waals surface area contributed by atoms with Crippen LogP contribution in [0.15, 0.2) is 30.5 Å². The van der Waals surface area contributed by atoms with Crippen molar-refractivity contribution >= 4 is 40.6 Å². The molecule has 1 aromatic carbocycles. The standard InChI is InChI=1S/C26H37N5O7/c1-5-14(4)22(26(37)38)31-25(36)21(13(2)3)30-24(35)19(11-20(32)33)29-23(34)17(27)10-15-12-28-18-9-7-6-8-16(15)18/h6-9,12-14,17,19,21-22,28H,5,10-11,27H2,1-4H3,(H,29,34)(H,30,35)(H,31,36)(H,32,33)(H,37,38). The second kappa shape index (κ2) is 13.6. The number of carbonyl (C=O) groups excluding carboxylic acids is 3. The maximum atomic E-state index is 13.0. The molecule has 38 heavy (non-hydrogen) atoms. The van der Waals surface area contributed by atoms with Crippen molar-refractivity contribution < 1.29 is 34.2 Å². The van der Waals surface area contributed by atoms with Crippen LogP contribution in [0.4, 0.5) is 0 Å². The molecule has 208 valence electrons. The number of carboxylic acids is 2. The Hall–Kier alpha value is -3.93. The highest BCUT2D eigenvalue weighted by molar-refractivity contribution is 5.96. The molecule has 0 saturated carbocycles. The van der Waals surface area contributed by atoms with Gasteiger partial charge in [0.15, 0.2) is 0 Å². The summed E-state index contributed by atoms with van der Waals surface area (Å²) in [6, 6.07) is 2.55. The van der Waals surface area contributed by atoms with Crippen LogP contribution in [0, 0.1) is 11.8 Å². The van der Waals surface area contributed by atoms with E-state index in [1.807, 2.05) is 24.3 Å². The van der Waals surface area contributed by atoms with Crippen molar-refractivity contribution in [2.45, 2.75) is 71.1 Å². The van der Waals surface area contributed by atoms with Gasteiger partial charge in [0.1, 0.15) is 18.1 Å². The molecular formula is C26H37N5O7. The lowest BCUT2D eigenvalue weighted by Crippen LogP contribution is -2.59. The lowest BCUT2D eigenvalue weighted by Gasteiger charge is -2.28. The molecule has 12 nitrogen and oxygen atoms in total. The average Bonchev–Trinajstić information content (AvgIpc) is 3.26. The van der Waals surface area contributed by atoms with Gasteiger partial charge in [-0.25, -0.2) is 4.79 Å². The first-order valence-electron chi connectivity index (χ1n) is 12.5. The van der Waals surface area contributed by atoms with Crippen LogP contribution in [0.25, 0.3) is 10.9 Å². The number of nitrogens with one attached hydrogen (secondary N) is 4. The molecule has 0 bridgehead atoms. The van der Waals surface area contributed by atoms with Gasteiger partial charge in [-0.2, -0.15) is 0 Å². The molecule has 1 aromatic heterocycles. The second-order valence-electron chi connectivity index (χ2n) is 9.77. The van der Waals surface area contributed by atoms with E-state index in [-0.39, 0.29) is 12.3 Å². The van der Waals surface area contributed by atoms with Gasteiger partial charge in [0.2, 0.25) is 17.7 Å². The summed E-state index contributed by atoms with van der Waals surface area (Å²) in [7, 11) is 0. The monoisotopic (exact) mass is 531 g/mol. The summed E-state index contributed by atoms with van der Waals surface area (Å²) in [6.45, 7) is 6.76. The zero-order chi connectivity index (χ0) is 28.6. The zero-order valence-electron chi connectivity index (χ0n) is 22.0. The maximum Gasteiger partial charge on any atom is 0.326 e. The zero-order valence-corrected chi connectivity index (χ0v) is 22.0. The van der Waals surface area contributed by atoms with Gasteiger partial charge in [-0.3, -0.25) is 19.2 Å². The summed E-state index contributed by atoms with van der Waals surface area (Å²) in [5, 5.41) is 27.0. The fraction of sp³-hybridized carbons (Fsp3) is 0.500. The van der Waals surface area contributed by atoms with Crippen LogP contribution < -0.4 is 21.7 Å². The van der Waals surface area contributed by atoms with Gasteiger partial charge in [0.25, 0.3) is 0 Å². The molecule has 0 fully saturated rings. The molecule has 12 heteroatoms. The highest BCUT2D eigenvalue weighted by Crippen LogP contribution is 2.19. The Morgan fingerprint density at radius 2 is 1.55 bits per heavy atom. The smallest absolute Gasteiger partial charge is 0.326 e. The minimum Gasteiger partial charge on any atom is -0.481 e. The molecule has 2 rings (SSSR count). The highest BCUT2D eigenvalue weighted by Gasteiger charge is 2.34. The molecule has 5 unspecified atom stereocenters. The molecule has 8 N–H and O–H groups in total. The highest BCUT2D eigenvalue weighted by atomic mass is 16.4. The first-order chi connectivity index (χ1) is 17.8. The van der Waals surface area contributed by atoms with Crippen molar-refractivity contribution in [1.29, 1.82) is 0 Å². The van der Waals surface area contributed by atoms with Gasteiger partial charge in [-0.1, -0.05) is 52.3 Å². The molecule has 0 aliphatic carbocycles. The summed E-state index contributed by atoms with van der Waals surface area (Å²) in [6.07, 6.45) is 1.63. The number of para-hydroxylation sites is 1. The predicted octanol–water partition coefficient (Wildman–Crippen LogP) is 0.754. The Kier molecular flexibility index (Phi) is 10.8. The average molecular weight is 532 g/mol. The molecule has 3 amide bonds. The number of aromatic nitrogens is 1. The van der Waals surface area contributed by atoms with Gasteiger partial charge in [0.05, 0.1) is 12.5 Å². The van der Waals surface area contributed by atoms with E-state index in [0.717, 1.165) is 16.5 Å². The molecule has 0 radical (unpaired) electrons. The topological polar surface area (TPSA) is 204 Å². The third-order valence-corrected chi connectivity index (χ3v) is 6.49. The number of carbonyl (C=O) groups is 5. The number of aliphatic carboxylic acids is 2. The molecular weight excluding hydrogens is 494 g/mol. The Balaban J connectivity index is 2.13. The van der Waals surface area contributed by atoms with Crippen molar-refractivity contribution in [1.82, 2.24) is 20.9 Å². The van der Waals surface area contributed by atoms with E-state index >= 15 is 0 Å². The number of amides is 3. The molecule has 5 atom stereocenters. The van der Waals surface area contributed by atoms with Gasteiger partial charge >= 0.3 is 11.9 Å². The molecule has 1 heterocycles. The number of carboxylic acid groups (broad SMARTS) is 2. The van der Waals surface area contributed by atoms with E-state index < -0.39 is 66.2 Å². The minimum absolute atomic E-state index is 0.139. The third kappa shape index (κ3) is 8.04. The molecule has 0 aliphatic heterocycles. The van der Waals surface area contributed by atoms with E-state index in [9.17, 15) is 34.2 Å². The van der Waals surface area contributed by atoms with E-state index in [1.165, 1.54) is 0 Å². The lowest BCUT2D eigenvalue weighted by molar-refractivity contribution is -0.144. The van der Waals surface area contributed by atoms with Crippen LogP contribution in [0.1, 0.15) is 46.1 Å². The van der Waals surface area contributed by atoms with Crippen molar-refractivity contribution in [2.75, 3.05) is 0 Å². The predicted molar refractivity (Wildman–Crippen MR) is 140 cm³/mol. The SMILES string of the molecule is CCC(C)C(NC(=O)C(NC(=O)C(CC(=O)O)NC(=O)C(N)Cc1c[nH]c2ccccc12)C(C)C)C(=O)O. The van der Waals surface area contributed by atoms with E-state index in [2.05, 4.69) is 20.9 Å². The quantitative estimate of drug-likeness (QED) is 0.185. The number of nitrogens with two attached hydrogens (primary N) is 1. The molecule has 0 saturated heterocycles. The van der Waals surface area contributed by atoms with Crippen LogP contribution >= 0.6 is 0 Å². The van der Waals surface area contributed by atoms with Gasteiger partial charge in [-0.15, -0.1) is 0 Å². The summed E-state index contributed by atoms with van der Waals surface area (Å²) in [5.41, 5.74) is 7.73. The first kappa shape index (κ1) is 30.3. The summed E-state index contributed by atoms with van der Waals surface area (Å²) >= 11 is 0. The van der Waals surface area contributed by atoms with Crippen LogP contribution in [0.2, 0.25) is 0 Å². The number of aromatic amines is 1. The number of rotatable bonds is 14. The normalized spacial score (nSPS) is 15.2. The Morgan fingerprint density at radius 3 is 2.13 bits per heavy atom. The molecule has 0 spiro atoms. The van der Waals surface area contributed by atoms with Crippen molar-refractivity contribution in [3.8, 4) is 0 Å². The summed E-state index contributed by atoms with van der Waals surface area (Å²) < 4.78 is 0. The van der Waals surface area contributed by atoms with Crippen LogP contribution in [-0.4, -0.2) is 69.0 Å². The largest absolute Gasteiger partial charge is 0.481 e. The van der Waals surface area contributed by atoms with Crippen molar-refractivity contribution in [2.24, 2.45) is 17.6 Å². The van der Waals surface area contributed by atoms with E-state index in [0.29, 0.717) is 6.42 Å². The number of fused-ring (bicyclic) bond motifs is 1. The fourth-order valence-corrected chi connectivity index (χ4v) is 4.01. The summed E-state index contributed by atoms with van der Waals surface area (Å²) in [5.74, 6) is -5.73. The van der Waals surface area contributed by atoms with E-state index in [1.54, 1.807) is 33.9 Å². The van der Waals surface area contributed by atoms with Crippen molar-refractivity contribution in [3.63, 3.8) is 0 Å². The Labute approximate surface area is 220 Å². The summed E-state index contributed by atoms with van der Waals surface area (Å²) in [4.78, 5) is 64.9. The van der Waals surface area contributed by atoms with Crippen LogP contribution in [0.3, 0.4) is 0 Å². The Bertz CT molecular complexity index is 1160. The number of benzene rings is 1. The Morgan fingerprint density at radius 1 is 0.921 bits per heavy atom. The lowest BCUT2D eigenvalue weighted by atomic mass is 9.97. The number of hydrogen-bond acceptors (Lipinski definition) is 6. The number of H-pyrrole nitrogens is 1. The van der Waals surface area contributed by atoms with E-state index in [4.69, 9.17) is 5.73 Å². The second-order valence-corrected chi connectivity index (χ2v) is 9.77. The van der Waals surface area contributed by atoms with Gasteiger partial charge in [0, 0.05) is 17.1 Å². The molecule has 2 aromatic rings.